The number of amides is 2. The SMILES string of the molecule is CCOC(=O)CCN(CCCCN(CCC(=O)OCC)C(=O)OC(C)(C)C)C(=O)OC(C)(C)C. The van der Waals surface area contributed by atoms with Gasteiger partial charge in [0, 0.05) is 26.2 Å². The molecule has 0 N–H and O–H groups in total. The first-order valence-corrected chi connectivity index (χ1v) is 12.0. The molecule has 34 heavy (non-hydrogen) atoms. The first kappa shape index (κ1) is 31.5. The van der Waals surface area contributed by atoms with Crippen LogP contribution in [0.3, 0.4) is 0 Å². The molecule has 0 atom stereocenters. The lowest BCUT2D eigenvalue weighted by Gasteiger charge is -2.29. The summed E-state index contributed by atoms with van der Waals surface area (Å²) in [5.41, 5.74) is -1.33. The maximum Gasteiger partial charge on any atom is 0.410 e. The number of rotatable bonds is 13. The first-order valence-electron chi connectivity index (χ1n) is 12.0. The number of esters is 2. The van der Waals surface area contributed by atoms with Crippen molar-refractivity contribution in [3.05, 3.63) is 0 Å². The van der Waals surface area contributed by atoms with E-state index in [1.54, 1.807) is 55.4 Å². The van der Waals surface area contributed by atoms with Crippen molar-refractivity contribution in [2.75, 3.05) is 39.4 Å². The van der Waals surface area contributed by atoms with Gasteiger partial charge in [-0.05, 0) is 68.2 Å². The molecule has 0 aliphatic carbocycles. The lowest BCUT2D eigenvalue weighted by molar-refractivity contribution is -0.144. The van der Waals surface area contributed by atoms with Crippen LogP contribution in [0.4, 0.5) is 9.59 Å². The fraction of sp³-hybridized carbons (Fsp3) is 0.833. The number of carbonyl (C=O) groups is 4. The second-order valence-electron chi connectivity index (χ2n) is 9.75. The van der Waals surface area contributed by atoms with E-state index in [1.165, 1.54) is 9.80 Å². The number of hydrogen-bond acceptors (Lipinski definition) is 8. The highest BCUT2D eigenvalue weighted by atomic mass is 16.6. The third kappa shape index (κ3) is 16.1. The predicted octanol–water partition coefficient (Wildman–Crippen LogP) is 4.15. The summed E-state index contributed by atoms with van der Waals surface area (Å²) in [6.07, 6.45) is 0.223. The molecule has 10 heteroatoms. The normalized spacial score (nSPS) is 11.4. The Morgan fingerprint density at radius 1 is 0.588 bits per heavy atom. The molecule has 0 rings (SSSR count). The summed E-state index contributed by atoms with van der Waals surface area (Å²) >= 11 is 0. The Labute approximate surface area is 204 Å². The van der Waals surface area contributed by atoms with Gasteiger partial charge in [-0.25, -0.2) is 9.59 Å². The van der Waals surface area contributed by atoms with Gasteiger partial charge in [-0.1, -0.05) is 0 Å². The van der Waals surface area contributed by atoms with Crippen LogP contribution < -0.4 is 0 Å². The lowest BCUT2D eigenvalue weighted by atomic mass is 10.2. The van der Waals surface area contributed by atoms with E-state index in [0.717, 1.165) is 0 Å². The van der Waals surface area contributed by atoms with E-state index in [9.17, 15) is 19.2 Å². The van der Waals surface area contributed by atoms with Crippen LogP contribution in [0.1, 0.15) is 81.1 Å². The maximum absolute atomic E-state index is 12.6. The molecule has 0 aromatic carbocycles. The highest BCUT2D eigenvalue weighted by Crippen LogP contribution is 2.13. The van der Waals surface area contributed by atoms with Gasteiger partial charge in [-0.15, -0.1) is 0 Å². The Hall–Kier alpha value is -2.52. The average Bonchev–Trinajstić information content (AvgIpc) is 2.67. The number of hydrogen-bond donors (Lipinski definition) is 0. The van der Waals surface area contributed by atoms with Gasteiger partial charge in [0.2, 0.25) is 0 Å². The molecule has 0 saturated carbocycles. The molecule has 0 aliphatic rings. The van der Waals surface area contributed by atoms with Gasteiger partial charge in [0.1, 0.15) is 11.2 Å². The van der Waals surface area contributed by atoms with Gasteiger partial charge in [0.15, 0.2) is 0 Å². The van der Waals surface area contributed by atoms with Crippen LogP contribution in [0.5, 0.6) is 0 Å². The second-order valence-corrected chi connectivity index (χ2v) is 9.75. The van der Waals surface area contributed by atoms with Crippen molar-refractivity contribution in [3.63, 3.8) is 0 Å². The Kier molecular flexibility index (Phi) is 14.3. The molecule has 198 valence electrons. The van der Waals surface area contributed by atoms with Crippen molar-refractivity contribution < 1.29 is 38.1 Å². The van der Waals surface area contributed by atoms with E-state index < -0.39 is 23.4 Å². The van der Waals surface area contributed by atoms with Gasteiger partial charge in [-0.2, -0.15) is 0 Å². The molecule has 0 radical (unpaired) electrons. The van der Waals surface area contributed by atoms with Crippen LogP contribution in [0.25, 0.3) is 0 Å². The van der Waals surface area contributed by atoms with Crippen LogP contribution in [0.15, 0.2) is 0 Å². The molecular weight excluding hydrogens is 444 g/mol. The van der Waals surface area contributed by atoms with Crippen molar-refractivity contribution >= 4 is 24.1 Å². The van der Waals surface area contributed by atoms with Gasteiger partial charge in [0.25, 0.3) is 0 Å². The van der Waals surface area contributed by atoms with Crippen LogP contribution in [-0.2, 0) is 28.5 Å². The summed E-state index contributed by atoms with van der Waals surface area (Å²) in [7, 11) is 0. The minimum atomic E-state index is -0.667. The van der Waals surface area contributed by atoms with E-state index in [4.69, 9.17) is 18.9 Å². The maximum atomic E-state index is 12.6. The third-order valence-electron chi connectivity index (χ3n) is 4.19. The lowest BCUT2D eigenvalue weighted by Crippen LogP contribution is -2.40. The Morgan fingerprint density at radius 2 is 0.912 bits per heavy atom. The number of unbranched alkanes of at least 4 members (excludes halogenated alkanes) is 1. The molecule has 0 aliphatic heterocycles. The average molecular weight is 489 g/mol. The summed E-state index contributed by atoms with van der Waals surface area (Å²) in [4.78, 5) is 51.6. The zero-order valence-corrected chi connectivity index (χ0v) is 22.2. The minimum Gasteiger partial charge on any atom is -0.466 e. The summed E-state index contributed by atoms with van der Waals surface area (Å²) in [6, 6.07) is 0. The monoisotopic (exact) mass is 488 g/mol. The Balaban J connectivity index is 4.99. The van der Waals surface area contributed by atoms with Crippen molar-refractivity contribution in [1.82, 2.24) is 9.80 Å². The molecule has 2 amide bonds. The van der Waals surface area contributed by atoms with E-state index in [1.807, 2.05) is 0 Å². The molecule has 0 spiro atoms. The van der Waals surface area contributed by atoms with E-state index in [0.29, 0.717) is 25.9 Å². The van der Waals surface area contributed by atoms with Crippen molar-refractivity contribution in [3.8, 4) is 0 Å². The minimum absolute atomic E-state index is 0.0661. The summed E-state index contributed by atoms with van der Waals surface area (Å²) in [5.74, 6) is -0.766. The van der Waals surface area contributed by atoms with Crippen LogP contribution in [-0.4, -0.2) is 84.5 Å². The predicted molar refractivity (Wildman–Crippen MR) is 127 cm³/mol. The van der Waals surface area contributed by atoms with E-state index in [2.05, 4.69) is 0 Å². The molecule has 0 aromatic rings. The van der Waals surface area contributed by atoms with E-state index in [-0.39, 0.29) is 51.1 Å². The summed E-state index contributed by atoms with van der Waals surface area (Å²) < 4.78 is 20.8. The van der Waals surface area contributed by atoms with Gasteiger partial charge < -0.3 is 28.7 Å². The van der Waals surface area contributed by atoms with Crippen LogP contribution in [0, 0.1) is 0 Å². The fourth-order valence-corrected chi connectivity index (χ4v) is 2.77. The Morgan fingerprint density at radius 3 is 1.18 bits per heavy atom. The van der Waals surface area contributed by atoms with Crippen LogP contribution in [0.2, 0.25) is 0 Å². The first-order chi connectivity index (χ1) is 15.7. The molecule has 0 unspecified atom stereocenters. The molecular formula is C24H44N2O8. The molecule has 0 bridgehead atoms. The van der Waals surface area contributed by atoms with Gasteiger partial charge in [0.05, 0.1) is 26.1 Å². The standard InChI is InChI=1S/C24H44N2O8/c1-9-31-19(27)13-17-25(21(29)33-23(3,4)5)15-11-12-16-26(18-14-20(28)32-10-2)22(30)34-24(6,7)8/h9-18H2,1-8H3. The second kappa shape index (κ2) is 15.4. The smallest absolute Gasteiger partial charge is 0.410 e. The van der Waals surface area contributed by atoms with Crippen molar-refractivity contribution in [1.29, 1.82) is 0 Å². The molecule has 0 saturated heterocycles. The molecule has 10 nitrogen and oxygen atoms in total. The van der Waals surface area contributed by atoms with Crippen molar-refractivity contribution in [2.45, 2.75) is 92.3 Å². The highest BCUT2D eigenvalue weighted by Gasteiger charge is 2.24. The zero-order chi connectivity index (χ0) is 26.4. The quantitative estimate of drug-likeness (QED) is 0.216. The number of ether oxygens (including phenoxy) is 4. The molecule has 0 aromatic heterocycles. The van der Waals surface area contributed by atoms with Gasteiger partial charge >= 0.3 is 24.1 Å². The molecule has 0 fully saturated rings. The third-order valence-corrected chi connectivity index (χ3v) is 4.19. The largest absolute Gasteiger partial charge is 0.466 e. The molecule has 0 heterocycles. The summed E-state index contributed by atoms with van der Waals surface area (Å²) in [6.45, 7) is 15.7. The fourth-order valence-electron chi connectivity index (χ4n) is 2.77. The number of carbonyl (C=O) groups excluding carboxylic acids is 4. The summed E-state index contributed by atoms with van der Waals surface area (Å²) in [5, 5.41) is 0. The zero-order valence-electron chi connectivity index (χ0n) is 22.2. The number of nitrogens with zero attached hydrogens (tertiary/aromatic N) is 2. The van der Waals surface area contributed by atoms with E-state index >= 15 is 0 Å². The van der Waals surface area contributed by atoms with Crippen molar-refractivity contribution in [2.24, 2.45) is 0 Å². The topological polar surface area (TPSA) is 112 Å². The van der Waals surface area contributed by atoms with Crippen LogP contribution >= 0.6 is 0 Å². The Bertz CT molecular complexity index is 596. The van der Waals surface area contributed by atoms with Gasteiger partial charge in [-0.3, -0.25) is 9.59 Å². The highest BCUT2D eigenvalue weighted by molar-refractivity contribution is 5.72.